The minimum atomic E-state index is -3.54. The molecule has 1 aromatic carbocycles. The molecule has 2 rings (SSSR count). The fourth-order valence-corrected chi connectivity index (χ4v) is 4.91. The van der Waals surface area contributed by atoms with Gasteiger partial charge in [0.1, 0.15) is 0 Å². The van der Waals surface area contributed by atoms with E-state index in [-0.39, 0.29) is 4.21 Å². The van der Waals surface area contributed by atoms with Gasteiger partial charge >= 0.3 is 0 Å². The highest BCUT2D eigenvalue weighted by atomic mass is 79.9. The van der Waals surface area contributed by atoms with E-state index in [2.05, 4.69) is 20.7 Å². The Bertz CT molecular complexity index is 650. The van der Waals surface area contributed by atoms with Crippen LogP contribution in [-0.2, 0) is 21.4 Å². The van der Waals surface area contributed by atoms with Gasteiger partial charge in [-0.15, -0.1) is 11.3 Å². The monoisotopic (exact) mass is 361 g/mol. The van der Waals surface area contributed by atoms with E-state index in [4.69, 9.17) is 4.74 Å². The summed E-state index contributed by atoms with van der Waals surface area (Å²) in [7, 11) is -1.92. The molecule has 0 aliphatic heterocycles. The van der Waals surface area contributed by atoms with Crippen molar-refractivity contribution in [2.24, 2.45) is 0 Å². The first-order chi connectivity index (χ1) is 9.03. The van der Waals surface area contributed by atoms with Crippen molar-refractivity contribution in [3.05, 3.63) is 45.7 Å². The van der Waals surface area contributed by atoms with Crippen LogP contribution in [0.2, 0.25) is 0 Å². The number of benzene rings is 1. The fraction of sp³-hybridized carbons (Fsp3) is 0.167. The number of hydrogen-bond donors (Lipinski definition) is 1. The van der Waals surface area contributed by atoms with Crippen molar-refractivity contribution in [2.45, 2.75) is 10.8 Å². The zero-order chi connectivity index (χ0) is 13.9. The molecule has 0 aliphatic rings. The zero-order valence-electron chi connectivity index (χ0n) is 10.1. The van der Waals surface area contributed by atoms with Gasteiger partial charge in [-0.1, -0.05) is 12.1 Å². The summed E-state index contributed by atoms with van der Waals surface area (Å²) in [6.45, 7) is 0.503. The van der Waals surface area contributed by atoms with Crippen LogP contribution in [0.25, 0.3) is 0 Å². The summed E-state index contributed by atoms with van der Waals surface area (Å²) < 4.78 is 32.7. The van der Waals surface area contributed by atoms with Gasteiger partial charge in [0.15, 0.2) is 4.21 Å². The Morgan fingerprint density at radius 2 is 1.95 bits per heavy atom. The Morgan fingerprint density at radius 1 is 1.26 bits per heavy atom. The number of halogens is 1. The summed E-state index contributed by atoms with van der Waals surface area (Å²) in [4.78, 5) is 0. The lowest BCUT2D eigenvalue weighted by Gasteiger charge is -2.07. The van der Waals surface area contributed by atoms with Crippen LogP contribution >= 0.6 is 27.3 Å². The maximum absolute atomic E-state index is 12.1. The number of sulfonamides is 1. The number of ether oxygens (including phenoxy) is 1. The number of hydrogen-bond acceptors (Lipinski definition) is 4. The van der Waals surface area contributed by atoms with Crippen molar-refractivity contribution in [2.75, 3.05) is 11.8 Å². The molecule has 0 fully saturated rings. The lowest BCUT2D eigenvalue weighted by molar-refractivity contribution is 0.185. The molecule has 102 valence electrons. The highest BCUT2D eigenvalue weighted by molar-refractivity contribution is 9.10. The van der Waals surface area contributed by atoms with Gasteiger partial charge in [0.25, 0.3) is 10.0 Å². The highest BCUT2D eigenvalue weighted by Crippen LogP contribution is 2.29. The normalized spacial score (nSPS) is 11.5. The van der Waals surface area contributed by atoms with Crippen molar-refractivity contribution in [1.82, 2.24) is 0 Å². The van der Waals surface area contributed by atoms with Crippen molar-refractivity contribution in [3.8, 4) is 0 Å². The van der Waals surface area contributed by atoms with Gasteiger partial charge in [-0.25, -0.2) is 8.42 Å². The van der Waals surface area contributed by atoms with Crippen LogP contribution < -0.4 is 4.72 Å². The highest BCUT2D eigenvalue weighted by Gasteiger charge is 2.19. The van der Waals surface area contributed by atoms with E-state index in [1.165, 1.54) is 11.3 Å². The van der Waals surface area contributed by atoms with Crippen LogP contribution in [0.3, 0.4) is 0 Å². The number of thiophene rings is 1. The number of rotatable bonds is 5. The average molecular weight is 362 g/mol. The Morgan fingerprint density at radius 3 is 2.47 bits per heavy atom. The van der Waals surface area contributed by atoms with Crippen LogP contribution in [0.4, 0.5) is 5.69 Å². The molecule has 7 heteroatoms. The summed E-state index contributed by atoms with van der Waals surface area (Å²) in [6.07, 6.45) is 0. The van der Waals surface area contributed by atoms with Crippen molar-refractivity contribution >= 4 is 43.0 Å². The van der Waals surface area contributed by atoms with E-state index in [0.29, 0.717) is 16.8 Å². The van der Waals surface area contributed by atoms with Gasteiger partial charge in [0.05, 0.1) is 6.61 Å². The van der Waals surface area contributed by atoms with Crippen LogP contribution in [0.1, 0.15) is 5.56 Å². The average Bonchev–Trinajstić information content (AvgIpc) is 2.79. The van der Waals surface area contributed by atoms with Gasteiger partial charge in [0.2, 0.25) is 0 Å². The predicted octanol–water partition coefficient (Wildman–Crippen LogP) is 3.46. The SMILES string of the molecule is COCc1ccc(NS(=O)(=O)c2sccc2Br)cc1. The van der Waals surface area contributed by atoms with E-state index >= 15 is 0 Å². The second-order valence-electron chi connectivity index (χ2n) is 3.79. The molecular weight excluding hydrogens is 350 g/mol. The Kier molecular flexibility index (Phi) is 4.62. The first-order valence-corrected chi connectivity index (χ1v) is 8.52. The fourth-order valence-electron chi connectivity index (χ4n) is 1.51. The van der Waals surface area contributed by atoms with Crippen molar-refractivity contribution < 1.29 is 13.2 Å². The number of anilines is 1. The Balaban J connectivity index is 2.19. The number of nitrogens with one attached hydrogen (secondary N) is 1. The number of methoxy groups -OCH3 is 1. The molecule has 19 heavy (non-hydrogen) atoms. The molecule has 1 N–H and O–H groups in total. The molecular formula is C12H12BrNO3S2. The first-order valence-electron chi connectivity index (χ1n) is 5.36. The summed E-state index contributed by atoms with van der Waals surface area (Å²) in [5.74, 6) is 0. The molecule has 0 radical (unpaired) electrons. The van der Waals surface area contributed by atoms with Gasteiger partial charge in [-0.05, 0) is 45.1 Å². The molecule has 0 aliphatic carbocycles. The Labute approximate surface area is 124 Å². The second-order valence-corrected chi connectivity index (χ2v) is 7.44. The van der Waals surface area contributed by atoms with E-state index in [1.807, 2.05) is 12.1 Å². The molecule has 1 heterocycles. The maximum atomic E-state index is 12.1. The van der Waals surface area contributed by atoms with Crippen LogP contribution in [0, 0.1) is 0 Å². The van der Waals surface area contributed by atoms with Crippen LogP contribution in [-0.4, -0.2) is 15.5 Å². The van der Waals surface area contributed by atoms with Gasteiger partial charge in [-0.3, -0.25) is 4.72 Å². The summed E-state index contributed by atoms with van der Waals surface area (Å²) in [5.41, 5.74) is 1.52. The summed E-state index contributed by atoms with van der Waals surface area (Å²) in [6, 6.07) is 8.79. The lowest BCUT2D eigenvalue weighted by Crippen LogP contribution is -2.11. The van der Waals surface area contributed by atoms with E-state index in [0.717, 1.165) is 5.56 Å². The first kappa shape index (κ1) is 14.5. The van der Waals surface area contributed by atoms with Crippen LogP contribution in [0.5, 0.6) is 0 Å². The molecule has 0 atom stereocenters. The van der Waals surface area contributed by atoms with Crippen molar-refractivity contribution in [1.29, 1.82) is 0 Å². The van der Waals surface area contributed by atoms with Crippen LogP contribution in [0.15, 0.2) is 44.4 Å². The molecule has 0 bridgehead atoms. The predicted molar refractivity (Wildman–Crippen MR) is 80.0 cm³/mol. The molecule has 0 unspecified atom stereocenters. The summed E-state index contributed by atoms with van der Waals surface area (Å²) in [5, 5.41) is 1.72. The quantitative estimate of drug-likeness (QED) is 0.886. The zero-order valence-corrected chi connectivity index (χ0v) is 13.3. The largest absolute Gasteiger partial charge is 0.380 e. The maximum Gasteiger partial charge on any atom is 0.272 e. The van der Waals surface area contributed by atoms with Crippen molar-refractivity contribution in [3.63, 3.8) is 0 Å². The van der Waals surface area contributed by atoms with Gasteiger partial charge in [-0.2, -0.15) is 0 Å². The minimum absolute atomic E-state index is 0.272. The smallest absolute Gasteiger partial charge is 0.272 e. The molecule has 0 spiro atoms. The summed E-state index contributed by atoms with van der Waals surface area (Å²) >= 11 is 4.39. The molecule has 0 saturated carbocycles. The molecule has 1 aromatic heterocycles. The second kappa shape index (κ2) is 6.04. The molecule has 4 nitrogen and oxygen atoms in total. The minimum Gasteiger partial charge on any atom is -0.380 e. The third kappa shape index (κ3) is 3.56. The molecule has 0 amide bonds. The van der Waals surface area contributed by atoms with Gasteiger partial charge in [0, 0.05) is 17.3 Å². The molecule has 2 aromatic rings. The van der Waals surface area contributed by atoms with E-state index in [9.17, 15) is 8.42 Å². The van der Waals surface area contributed by atoms with E-state index in [1.54, 1.807) is 30.7 Å². The third-order valence-electron chi connectivity index (χ3n) is 2.35. The van der Waals surface area contributed by atoms with E-state index < -0.39 is 10.0 Å². The van der Waals surface area contributed by atoms with Gasteiger partial charge < -0.3 is 4.74 Å². The third-order valence-corrected chi connectivity index (χ3v) is 6.40. The standard InChI is InChI=1S/C12H12BrNO3S2/c1-17-8-9-2-4-10(5-3-9)14-19(15,16)12-11(13)6-7-18-12/h2-7,14H,8H2,1H3. The Hall–Kier alpha value is -0.890. The molecule has 0 saturated heterocycles. The lowest BCUT2D eigenvalue weighted by atomic mass is 10.2. The topological polar surface area (TPSA) is 55.4 Å².